The Hall–Kier alpha value is -1.03. The Bertz CT molecular complexity index is 491. The summed E-state index contributed by atoms with van der Waals surface area (Å²) in [5.74, 6) is 0.813. The Morgan fingerprint density at radius 3 is 2.73 bits per heavy atom. The van der Waals surface area contributed by atoms with E-state index in [1.807, 2.05) is 22.9 Å². The summed E-state index contributed by atoms with van der Waals surface area (Å²) < 4.78 is 8.24. The Balaban J connectivity index is 2.75. The second kappa shape index (κ2) is 3.85. The van der Waals surface area contributed by atoms with E-state index in [0.29, 0.717) is 6.04 Å². The zero-order valence-electron chi connectivity index (χ0n) is 8.99. The van der Waals surface area contributed by atoms with Crippen LogP contribution in [0.1, 0.15) is 19.9 Å². The fraction of sp³-hybridized carbons (Fsp3) is 0.364. The van der Waals surface area contributed by atoms with E-state index in [4.69, 9.17) is 4.74 Å². The molecule has 0 aliphatic carbocycles. The third-order valence-corrected chi connectivity index (χ3v) is 3.13. The van der Waals surface area contributed by atoms with Crippen molar-refractivity contribution in [3.63, 3.8) is 0 Å². The summed E-state index contributed by atoms with van der Waals surface area (Å²) in [6.45, 7) is 4.20. The average Bonchev–Trinajstić information content (AvgIpc) is 2.56. The molecule has 0 atom stereocenters. The highest BCUT2D eigenvalue weighted by atomic mass is 79.9. The lowest BCUT2D eigenvalue weighted by Crippen LogP contribution is -2.02. The minimum absolute atomic E-state index is 0.330. The highest BCUT2D eigenvalue weighted by Crippen LogP contribution is 2.31. The first-order valence-corrected chi connectivity index (χ1v) is 5.65. The molecule has 1 aromatic carbocycles. The number of hydrogen-bond acceptors (Lipinski definition) is 2. The lowest BCUT2D eigenvalue weighted by atomic mass is 10.2. The first kappa shape index (κ1) is 10.5. The molecule has 4 heteroatoms. The number of nitrogens with zero attached hydrogens (tertiary/aromatic N) is 2. The molecule has 1 aromatic heterocycles. The van der Waals surface area contributed by atoms with Crippen LogP contribution in [0.5, 0.6) is 5.75 Å². The summed E-state index contributed by atoms with van der Waals surface area (Å²) in [5, 5.41) is 5.61. The first-order chi connectivity index (χ1) is 7.15. The number of rotatable bonds is 2. The molecular weight excluding hydrogens is 256 g/mol. The minimum atomic E-state index is 0.330. The second-order valence-electron chi connectivity index (χ2n) is 3.69. The van der Waals surface area contributed by atoms with E-state index >= 15 is 0 Å². The fourth-order valence-electron chi connectivity index (χ4n) is 1.57. The van der Waals surface area contributed by atoms with Crippen molar-refractivity contribution in [2.24, 2.45) is 0 Å². The Morgan fingerprint density at radius 1 is 1.40 bits per heavy atom. The van der Waals surface area contributed by atoms with Crippen LogP contribution in [-0.4, -0.2) is 16.9 Å². The Morgan fingerprint density at radius 2 is 2.13 bits per heavy atom. The number of ether oxygens (including phenoxy) is 1. The van der Waals surface area contributed by atoms with Crippen LogP contribution in [0.15, 0.2) is 22.8 Å². The normalized spacial score (nSPS) is 11.3. The predicted molar refractivity (Wildman–Crippen MR) is 64.4 cm³/mol. The standard InChI is InChI=1S/C11H13BrN2O/c1-7(2)14-11(12)8-5-4-6-9(15-3)10(8)13-14/h4-7H,1-3H3. The third kappa shape index (κ3) is 1.63. The largest absolute Gasteiger partial charge is 0.494 e. The van der Waals surface area contributed by atoms with Gasteiger partial charge in [0, 0.05) is 11.4 Å². The van der Waals surface area contributed by atoms with E-state index in [0.717, 1.165) is 21.3 Å². The van der Waals surface area contributed by atoms with Crippen molar-refractivity contribution >= 4 is 26.8 Å². The van der Waals surface area contributed by atoms with E-state index in [1.165, 1.54) is 0 Å². The molecule has 0 fully saturated rings. The minimum Gasteiger partial charge on any atom is -0.494 e. The topological polar surface area (TPSA) is 27.1 Å². The van der Waals surface area contributed by atoms with Gasteiger partial charge in [-0.3, -0.25) is 4.68 Å². The maximum Gasteiger partial charge on any atom is 0.147 e. The maximum atomic E-state index is 5.28. The smallest absolute Gasteiger partial charge is 0.147 e. The second-order valence-corrected chi connectivity index (χ2v) is 4.44. The number of halogens is 1. The fourth-order valence-corrected chi connectivity index (χ4v) is 2.38. The number of hydrogen-bond donors (Lipinski definition) is 0. The van der Waals surface area contributed by atoms with E-state index < -0.39 is 0 Å². The summed E-state index contributed by atoms with van der Waals surface area (Å²) in [6.07, 6.45) is 0. The molecule has 0 saturated heterocycles. The molecule has 3 nitrogen and oxygen atoms in total. The van der Waals surface area contributed by atoms with Gasteiger partial charge in [-0.25, -0.2) is 0 Å². The van der Waals surface area contributed by atoms with Crippen LogP contribution in [0.2, 0.25) is 0 Å². The Labute approximate surface area is 97.2 Å². The van der Waals surface area contributed by atoms with Gasteiger partial charge in [-0.1, -0.05) is 6.07 Å². The van der Waals surface area contributed by atoms with Gasteiger partial charge in [0.2, 0.25) is 0 Å². The van der Waals surface area contributed by atoms with E-state index in [-0.39, 0.29) is 0 Å². The van der Waals surface area contributed by atoms with Gasteiger partial charge in [0.25, 0.3) is 0 Å². The van der Waals surface area contributed by atoms with Gasteiger partial charge in [0.1, 0.15) is 15.9 Å². The summed E-state index contributed by atoms with van der Waals surface area (Å²) in [5.41, 5.74) is 0.903. The van der Waals surface area contributed by atoms with E-state index in [2.05, 4.69) is 34.9 Å². The highest BCUT2D eigenvalue weighted by molar-refractivity contribution is 9.10. The molecular formula is C11H13BrN2O. The molecule has 0 amide bonds. The summed E-state index contributed by atoms with van der Waals surface area (Å²) in [4.78, 5) is 0. The van der Waals surface area contributed by atoms with Gasteiger partial charge in [-0.15, -0.1) is 0 Å². The van der Waals surface area contributed by atoms with Crippen LogP contribution in [0.3, 0.4) is 0 Å². The highest BCUT2D eigenvalue weighted by Gasteiger charge is 2.13. The van der Waals surface area contributed by atoms with Crippen LogP contribution in [0.25, 0.3) is 10.9 Å². The van der Waals surface area contributed by atoms with E-state index in [1.54, 1.807) is 7.11 Å². The first-order valence-electron chi connectivity index (χ1n) is 4.86. The molecule has 80 valence electrons. The molecule has 0 aliphatic heterocycles. The van der Waals surface area contributed by atoms with Crippen LogP contribution < -0.4 is 4.74 Å². The average molecular weight is 269 g/mol. The van der Waals surface area contributed by atoms with Gasteiger partial charge < -0.3 is 4.74 Å². The molecule has 0 saturated carbocycles. The molecule has 0 unspecified atom stereocenters. The molecule has 0 bridgehead atoms. The summed E-state index contributed by atoms with van der Waals surface area (Å²) >= 11 is 3.56. The van der Waals surface area contributed by atoms with Crippen molar-refractivity contribution in [2.45, 2.75) is 19.9 Å². The van der Waals surface area contributed by atoms with Crippen molar-refractivity contribution in [1.82, 2.24) is 9.78 Å². The van der Waals surface area contributed by atoms with Gasteiger partial charge in [0.05, 0.1) is 7.11 Å². The number of aromatic nitrogens is 2. The van der Waals surface area contributed by atoms with Crippen molar-refractivity contribution < 1.29 is 4.74 Å². The molecule has 1 heterocycles. The van der Waals surface area contributed by atoms with Crippen molar-refractivity contribution in [2.75, 3.05) is 7.11 Å². The number of methoxy groups -OCH3 is 1. The van der Waals surface area contributed by atoms with Crippen LogP contribution >= 0.6 is 15.9 Å². The van der Waals surface area contributed by atoms with Crippen LogP contribution in [0, 0.1) is 0 Å². The number of fused-ring (bicyclic) bond motifs is 1. The van der Waals surface area contributed by atoms with Crippen molar-refractivity contribution in [3.8, 4) is 5.75 Å². The zero-order chi connectivity index (χ0) is 11.0. The zero-order valence-corrected chi connectivity index (χ0v) is 10.6. The van der Waals surface area contributed by atoms with Crippen molar-refractivity contribution in [1.29, 1.82) is 0 Å². The molecule has 2 aromatic rings. The molecule has 2 rings (SSSR count). The molecule has 0 radical (unpaired) electrons. The quantitative estimate of drug-likeness (QED) is 0.835. The van der Waals surface area contributed by atoms with Gasteiger partial charge >= 0.3 is 0 Å². The van der Waals surface area contributed by atoms with Gasteiger partial charge in [-0.05, 0) is 41.9 Å². The maximum absolute atomic E-state index is 5.28. The van der Waals surface area contributed by atoms with Crippen LogP contribution in [0.4, 0.5) is 0 Å². The molecule has 0 N–H and O–H groups in total. The predicted octanol–water partition coefficient (Wildman–Crippen LogP) is 3.39. The summed E-state index contributed by atoms with van der Waals surface area (Å²) in [7, 11) is 1.66. The number of benzene rings is 1. The van der Waals surface area contributed by atoms with Crippen LogP contribution in [-0.2, 0) is 0 Å². The molecule has 0 aliphatic rings. The molecule has 15 heavy (non-hydrogen) atoms. The van der Waals surface area contributed by atoms with Crippen molar-refractivity contribution in [3.05, 3.63) is 22.8 Å². The monoisotopic (exact) mass is 268 g/mol. The van der Waals surface area contributed by atoms with E-state index in [9.17, 15) is 0 Å². The lowest BCUT2D eigenvalue weighted by Gasteiger charge is -2.05. The Kier molecular flexibility index (Phi) is 2.69. The van der Waals surface area contributed by atoms with Gasteiger partial charge in [0.15, 0.2) is 0 Å². The third-order valence-electron chi connectivity index (χ3n) is 2.34. The SMILES string of the molecule is COc1cccc2c(Br)n(C(C)C)nc12. The van der Waals surface area contributed by atoms with Gasteiger partial charge in [-0.2, -0.15) is 5.10 Å². The lowest BCUT2D eigenvalue weighted by molar-refractivity contribution is 0.417. The molecule has 0 spiro atoms. The summed E-state index contributed by atoms with van der Waals surface area (Å²) in [6, 6.07) is 6.26.